The zero-order chi connectivity index (χ0) is 15.2. The van der Waals surface area contributed by atoms with E-state index < -0.39 is 6.04 Å². The molecule has 1 atom stereocenters. The number of rotatable bonds is 5. The van der Waals surface area contributed by atoms with E-state index in [1.54, 1.807) is 12.1 Å². The molecule has 2 aromatic carbocycles. The van der Waals surface area contributed by atoms with E-state index in [0.717, 1.165) is 11.1 Å². The van der Waals surface area contributed by atoms with Gasteiger partial charge in [-0.1, -0.05) is 42.5 Å². The van der Waals surface area contributed by atoms with E-state index in [2.05, 4.69) is 5.43 Å². The predicted molar refractivity (Wildman–Crippen MR) is 79.4 cm³/mol. The molecule has 0 fully saturated rings. The van der Waals surface area contributed by atoms with Crippen LogP contribution in [0.25, 0.3) is 0 Å². The molecule has 0 bridgehead atoms. The Morgan fingerprint density at radius 1 is 1.19 bits per heavy atom. The third-order valence-electron chi connectivity index (χ3n) is 3.29. The highest BCUT2D eigenvalue weighted by Crippen LogP contribution is 2.21. The Morgan fingerprint density at radius 2 is 1.81 bits per heavy atom. The molecule has 5 heteroatoms. The Kier molecular flexibility index (Phi) is 5.03. The minimum atomic E-state index is -0.499. The molecule has 1 amide bonds. The molecule has 0 saturated heterocycles. The van der Waals surface area contributed by atoms with Gasteiger partial charge in [0, 0.05) is 6.54 Å². The van der Waals surface area contributed by atoms with E-state index in [1.807, 2.05) is 42.3 Å². The first-order valence-electron chi connectivity index (χ1n) is 6.62. The standard InChI is InChI=1S/C16H18FN3O/c1-20(11-12-7-9-14(17)10-8-12)15(16(21)19-18)13-5-3-2-4-6-13/h2-10,15H,11,18H2,1H3,(H,19,21). The van der Waals surface area contributed by atoms with Crippen molar-refractivity contribution in [1.29, 1.82) is 0 Å². The molecule has 0 saturated carbocycles. The number of nitrogens with one attached hydrogen (secondary N) is 1. The summed E-state index contributed by atoms with van der Waals surface area (Å²) in [6.07, 6.45) is 0. The molecule has 0 aliphatic carbocycles. The largest absolute Gasteiger partial charge is 0.293 e. The summed E-state index contributed by atoms with van der Waals surface area (Å²) in [6.45, 7) is 0.507. The second-order valence-electron chi connectivity index (χ2n) is 4.86. The third kappa shape index (κ3) is 3.87. The molecule has 2 rings (SSSR count). The molecule has 1 unspecified atom stereocenters. The molecule has 0 aliphatic heterocycles. The number of hydrogen-bond donors (Lipinski definition) is 2. The fraction of sp³-hybridized carbons (Fsp3) is 0.188. The number of carbonyl (C=O) groups excluding carboxylic acids is 1. The van der Waals surface area contributed by atoms with Crippen molar-refractivity contribution in [3.63, 3.8) is 0 Å². The average molecular weight is 287 g/mol. The predicted octanol–water partition coefficient (Wildman–Crippen LogP) is 1.99. The monoisotopic (exact) mass is 287 g/mol. The van der Waals surface area contributed by atoms with Crippen LogP contribution < -0.4 is 11.3 Å². The summed E-state index contributed by atoms with van der Waals surface area (Å²) in [5.74, 6) is 4.72. The topological polar surface area (TPSA) is 58.4 Å². The molecule has 0 spiro atoms. The summed E-state index contributed by atoms with van der Waals surface area (Å²) < 4.78 is 12.9. The van der Waals surface area contributed by atoms with Crippen molar-refractivity contribution in [3.05, 3.63) is 71.5 Å². The number of amides is 1. The van der Waals surface area contributed by atoms with Gasteiger partial charge in [-0.25, -0.2) is 10.2 Å². The van der Waals surface area contributed by atoms with Crippen molar-refractivity contribution in [1.82, 2.24) is 10.3 Å². The van der Waals surface area contributed by atoms with E-state index in [0.29, 0.717) is 6.54 Å². The first-order valence-corrected chi connectivity index (χ1v) is 6.62. The highest BCUT2D eigenvalue weighted by molar-refractivity contribution is 5.82. The van der Waals surface area contributed by atoms with Crippen LogP contribution >= 0.6 is 0 Å². The van der Waals surface area contributed by atoms with Gasteiger partial charge >= 0.3 is 0 Å². The number of likely N-dealkylation sites (N-methyl/N-ethyl adjacent to an activating group) is 1. The third-order valence-corrected chi connectivity index (χ3v) is 3.29. The lowest BCUT2D eigenvalue weighted by Crippen LogP contribution is -2.41. The maximum atomic E-state index is 12.9. The highest BCUT2D eigenvalue weighted by Gasteiger charge is 2.24. The van der Waals surface area contributed by atoms with Crippen LogP contribution in [0.3, 0.4) is 0 Å². The van der Waals surface area contributed by atoms with Crippen LogP contribution in [0.2, 0.25) is 0 Å². The first kappa shape index (κ1) is 15.2. The van der Waals surface area contributed by atoms with Gasteiger partial charge in [0.1, 0.15) is 11.9 Å². The number of nitrogens with zero attached hydrogens (tertiary/aromatic N) is 1. The van der Waals surface area contributed by atoms with Crippen LogP contribution in [-0.4, -0.2) is 17.9 Å². The van der Waals surface area contributed by atoms with Crippen molar-refractivity contribution >= 4 is 5.91 Å². The average Bonchev–Trinajstić information content (AvgIpc) is 2.50. The fourth-order valence-electron chi connectivity index (χ4n) is 2.29. The van der Waals surface area contributed by atoms with Crippen LogP contribution in [0.1, 0.15) is 17.2 Å². The lowest BCUT2D eigenvalue weighted by atomic mass is 10.0. The maximum absolute atomic E-state index is 12.9. The molecule has 4 nitrogen and oxygen atoms in total. The van der Waals surface area contributed by atoms with Gasteiger partial charge in [-0.15, -0.1) is 0 Å². The van der Waals surface area contributed by atoms with E-state index in [1.165, 1.54) is 12.1 Å². The van der Waals surface area contributed by atoms with Crippen LogP contribution in [0.5, 0.6) is 0 Å². The second-order valence-corrected chi connectivity index (χ2v) is 4.86. The van der Waals surface area contributed by atoms with Gasteiger partial charge in [-0.2, -0.15) is 0 Å². The van der Waals surface area contributed by atoms with Gasteiger partial charge < -0.3 is 0 Å². The molecular formula is C16H18FN3O. The normalized spacial score (nSPS) is 12.2. The number of hydrogen-bond acceptors (Lipinski definition) is 3. The zero-order valence-electron chi connectivity index (χ0n) is 11.8. The van der Waals surface area contributed by atoms with Gasteiger partial charge in [0.15, 0.2) is 0 Å². The number of carbonyl (C=O) groups is 1. The minimum Gasteiger partial charge on any atom is -0.293 e. The van der Waals surface area contributed by atoms with Gasteiger partial charge in [0.05, 0.1) is 0 Å². The van der Waals surface area contributed by atoms with Crippen molar-refractivity contribution in [2.45, 2.75) is 12.6 Å². The lowest BCUT2D eigenvalue weighted by molar-refractivity contribution is -0.126. The summed E-state index contributed by atoms with van der Waals surface area (Å²) >= 11 is 0. The van der Waals surface area contributed by atoms with Crippen LogP contribution in [0.4, 0.5) is 4.39 Å². The zero-order valence-corrected chi connectivity index (χ0v) is 11.8. The van der Waals surface area contributed by atoms with E-state index in [4.69, 9.17) is 5.84 Å². The van der Waals surface area contributed by atoms with Gasteiger partial charge in [-0.3, -0.25) is 15.1 Å². The van der Waals surface area contributed by atoms with Crippen LogP contribution in [-0.2, 0) is 11.3 Å². The summed E-state index contributed by atoms with van der Waals surface area (Å²) in [7, 11) is 1.83. The molecule has 110 valence electrons. The summed E-state index contributed by atoms with van der Waals surface area (Å²) in [4.78, 5) is 13.9. The number of halogens is 1. The van der Waals surface area contributed by atoms with Crippen LogP contribution in [0, 0.1) is 5.82 Å². The molecule has 0 aliphatic rings. The SMILES string of the molecule is CN(Cc1ccc(F)cc1)C(C(=O)NN)c1ccccc1. The van der Waals surface area contributed by atoms with Crippen molar-refractivity contribution < 1.29 is 9.18 Å². The molecule has 0 heterocycles. The van der Waals surface area contributed by atoms with E-state index in [9.17, 15) is 9.18 Å². The summed E-state index contributed by atoms with van der Waals surface area (Å²) in [5, 5.41) is 0. The Labute approximate surface area is 123 Å². The van der Waals surface area contributed by atoms with Crippen LogP contribution in [0.15, 0.2) is 54.6 Å². The Morgan fingerprint density at radius 3 is 2.38 bits per heavy atom. The molecule has 21 heavy (non-hydrogen) atoms. The van der Waals surface area contributed by atoms with Crippen molar-refractivity contribution in [3.8, 4) is 0 Å². The van der Waals surface area contributed by atoms with Gasteiger partial charge in [0.2, 0.25) is 0 Å². The highest BCUT2D eigenvalue weighted by atomic mass is 19.1. The van der Waals surface area contributed by atoms with E-state index >= 15 is 0 Å². The maximum Gasteiger partial charge on any atom is 0.255 e. The first-order chi connectivity index (χ1) is 10.1. The Hall–Kier alpha value is -2.24. The Balaban J connectivity index is 2.20. The molecule has 0 aromatic heterocycles. The number of benzene rings is 2. The number of nitrogens with two attached hydrogens (primary N) is 1. The molecular weight excluding hydrogens is 269 g/mol. The minimum absolute atomic E-state index is 0.277. The Bertz CT molecular complexity index is 586. The summed E-state index contributed by atoms with van der Waals surface area (Å²) in [5.41, 5.74) is 3.97. The number of hydrazine groups is 1. The second kappa shape index (κ2) is 6.97. The lowest BCUT2D eigenvalue weighted by Gasteiger charge is -2.27. The quantitative estimate of drug-likeness (QED) is 0.502. The fourth-order valence-corrected chi connectivity index (χ4v) is 2.29. The van der Waals surface area contributed by atoms with Crippen molar-refractivity contribution in [2.75, 3.05) is 7.05 Å². The van der Waals surface area contributed by atoms with Gasteiger partial charge in [0.25, 0.3) is 5.91 Å². The van der Waals surface area contributed by atoms with Gasteiger partial charge in [-0.05, 0) is 30.3 Å². The summed E-state index contributed by atoms with van der Waals surface area (Å²) in [6, 6.07) is 15.1. The molecule has 0 radical (unpaired) electrons. The smallest absolute Gasteiger partial charge is 0.255 e. The van der Waals surface area contributed by atoms with E-state index in [-0.39, 0.29) is 11.7 Å². The molecule has 3 N–H and O–H groups in total. The molecule has 2 aromatic rings. The van der Waals surface area contributed by atoms with Crippen molar-refractivity contribution in [2.24, 2.45) is 5.84 Å².